The molecule has 0 radical (unpaired) electrons. The molecule has 0 atom stereocenters. The lowest BCUT2D eigenvalue weighted by molar-refractivity contribution is -0.137. The van der Waals surface area contributed by atoms with Crippen LogP contribution in [0.3, 0.4) is 0 Å². The van der Waals surface area contributed by atoms with Gasteiger partial charge in [-0.2, -0.15) is 8.42 Å². The van der Waals surface area contributed by atoms with Gasteiger partial charge in [-0.05, 0) is 55.5 Å². The molecule has 0 aromatic heterocycles. The van der Waals surface area contributed by atoms with Crippen molar-refractivity contribution in [2.24, 2.45) is 0 Å². The van der Waals surface area contributed by atoms with Crippen molar-refractivity contribution in [3.05, 3.63) is 47.2 Å². The van der Waals surface area contributed by atoms with Gasteiger partial charge >= 0.3 is 5.97 Å². The van der Waals surface area contributed by atoms with E-state index in [4.69, 9.17) is 5.11 Å². The van der Waals surface area contributed by atoms with Crippen molar-refractivity contribution in [1.29, 1.82) is 0 Å². The number of fused-ring (bicyclic) bond motifs is 1. The molecule has 2 N–H and O–H groups in total. The zero-order valence-electron chi connectivity index (χ0n) is 18.3. The number of anilines is 1. The third-order valence-corrected chi connectivity index (χ3v) is 6.40. The van der Waals surface area contributed by atoms with Gasteiger partial charge in [-0.3, -0.25) is 9.35 Å². The molecule has 0 spiro atoms. The molecule has 0 bridgehead atoms. The Morgan fingerprint density at radius 2 is 1.90 bits per heavy atom. The summed E-state index contributed by atoms with van der Waals surface area (Å²) < 4.78 is 33.1. The number of hydrogen-bond acceptors (Lipinski definition) is 4. The summed E-state index contributed by atoms with van der Waals surface area (Å²) in [6.45, 7) is 8.81. The standard InChI is InChI=1S/C23H33NO5S/c1-5-6-7-9-12-20-23(3,4)19-16-18(30(27,28)29)15-17(2)22(19)24(20)14-11-8-10-13-21(25)26/h7,9,12,15-16H,5-6,8,10-11,13-14H2,1-4H3,(H,25,26)(H,27,28,29)/b9-7-,20-12+. The Kier molecular flexibility index (Phi) is 7.88. The normalized spacial score (nSPS) is 17.1. The third-order valence-electron chi connectivity index (χ3n) is 5.56. The van der Waals surface area contributed by atoms with Crippen LogP contribution < -0.4 is 4.90 Å². The summed E-state index contributed by atoms with van der Waals surface area (Å²) in [5, 5.41) is 8.84. The molecule has 1 aliphatic rings. The Balaban J connectivity index is 2.44. The fraction of sp³-hybridized carbons (Fsp3) is 0.522. The molecule has 0 aliphatic carbocycles. The van der Waals surface area contributed by atoms with Gasteiger partial charge in [-0.25, -0.2) is 0 Å². The van der Waals surface area contributed by atoms with Crippen molar-refractivity contribution in [2.75, 3.05) is 11.4 Å². The molecule has 0 unspecified atom stereocenters. The Bertz CT molecular complexity index is 945. The van der Waals surface area contributed by atoms with Crippen molar-refractivity contribution in [3.63, 3.8) is 0 Å². The Morgan fingerprint density at radius 3 is 2.50 bits per heavy atom. The van der Waals surface area contributed by atoms with Crippen LogP contribution in [0.1, 0.15) is 70.4 Å². The second-order valence-electron chi connectivity index (χ2n) is 8.36. The van der Waals surface area contributed by atoms with E-state index in [-0.39, 0.29) is 11.3 Å². The Hall–Kier alpha value is -2.12. The number of carboxylic acids is 1. The molecule has 1 aliphatic heterocycles. The molecule has 1 aromatic carbocycles. The molecule has 0 amide bonds. The van der Waals surface area contributed by atoms with Gasteiger partial charge < -0.3 is 10.0 Å². The van der Waals surface area contributed by atoms with Crippen LogP contribution in [-0.4, -0.2) is 30.6 Å². The van der Waals surface area contributed by atoms with Crippen molar-refractivity contribution in [1.82, 2.24) is 0 Å². The lowest BCUT2D eigenvalue weighted by Gasteiger charge is -2.27. The highest BCUT2D eigenvalue weighted by molar-refractivity contribution is 7.85. The van der Waals surface area contributed by atoms with Crippen LogP contribution in [-0.2, 0) is 20.3 Å². The fourth-order valence-corrected chi connectivity index (χ4v) is 4.59. The Morgan fingerprint density at radius 1 is 1.20 bits per heavy atom. The first-order valence-electron chi connectivity index (χ1n) is 10.5. The molecule has 30 heavy (non-hydrogen) atoms. The van der Waals surface area contributed by atoms with Gasteiger partial charge in [0.05, 0.1) is 4.90 Å². The number of allylic oxidation sites excluding steroid dienone is 4. The van der Waals surface area contributed by atoms with Crippen LogP contribution in [0.5, 0.6) is 0 Å². The molecule has 0 saturated carbocycles. The number of unbranched alkanes of at least 4 members (excludes halogenated alkanes) is 3. The van der Waals surface area contributed by atoms with E-state index in [1.165, 1.54) is 6.07 Å². The first kappa shape index (κ1) is 24.2. The summed E-state index contributed by atoms with van der Waals surface area (Å²) in [6.07, 6.45) is 10.7. The van der Waals surface area contributed by atoms with Crippen LogP contribution in [0.4, 0.5) is 5.69 Å². The van der Waals surface area contributed by atoms with E-state index in [2.05, 4.69) is 37.8 Å². The predicted octanol–water partition coefficient (Wildman–Crippen LogP) is 5.22. The van der Waals surface area contributed by atoms with Gasteiger partial charge in [-0.15, -0.1) is 0 Å². The number of benzene rings is 1. The average Bonchev–Trinajstić information content (AvgIpc) is 2.85. The second kappa shape index (κ2) is 9.79. The quantitative estimate of drug-likeness (QED) is 0.386. The lowest BCUT2D eigenvalue weighted by atomic mass is 9.83. The van der Waals surface area contributed by atoms with E-state index in [1.807, 2.05) is 13.0 Å². The van der Waals surface area contributed by atoms with Gasteiger partial charge in [0.25, 0.3) is 10.1 Å². The van der Waals surface area contributed by atoms with E-state index in [0.29, 0.717) is 6.42 Å². The smallest absolute Gasteiger partial charge is 0.303 e. The molecular formula is C23H33NO5S. The maximum absolute atomic E-state index is 11.8. The molecule has 7 heteroatoms. The number of rotatable bonds is 10. The molecule has 1 heterocycles. The summed E-state index contributed by atoms with van der Waals surface area (Å²) in [7, 11) is -4.30. The largest absolute Gasteiger partial charge is 0.481 e. The lowest BCUT2D eigenvalue weighted by Crippen LogP contribution is -2.27. The molecule has 166 valence electrons. The maximum Gasteiger partial charge on any atom is 0.303 e. The van der Waals surface area contributed by atoms with E-state index >= 15 is 0 Å². The van der Waals surface area contributed by atoms with Gasteiger partial charge in [0.1, 0.15) is 0 Å². The van der Waals surface area contributed by atoms with Crippen molar-refractivity contribution in [2.45, 2.75) is 76.5 Å². The van der Waals surface area contributed by atoms with E-state index in [0.717, 1.165) is 54.7 Å². The molecular weight excluding hydrogens is 402 g/mol. The van der Waals surface area contributed by atoms with Crippen LogP contribution in [0, 0.1) is 6.92 Å². The summed E-state index contributed by atoms with van der Waals surface area (Å²) >= 11 is 0. The van der Waals surface area contributed by atoms with Crippen LogP contribution in [0.15, 0.2) is 41.0 Å². The average molecular weight is 436 g/mol. The molecule has 0 saturated heterocycles. The van der Waals surface area contributed by atoms with Crippen LogP contribution >= 0.6 is 0 Å². The minimum atomic E-state index is -4.30. The fourth-order valence-electron chi connectivity index (χ4n) is 4.00. The van der Waals surface area contributed by atoms with Gasteiger partial charge in [0.15, 0.2) is 0 Å². The first-order chi connectivity index (χ1) is 14.0. The van der Waals surface area contributed by atoms with Gasteiger partial charge in [-0.1, -0.05) is 45.8 Å². The SMILES string of the molecule is CCC/C=C\C=C1\N(CCCCCC(=O)O)c2c(C)cc(S(=O)(=O)O)cc2C1(C)C. The highest BCUT2D eigenvalue weighted by Crippen LogP contribution is 2.50. The van der Waals surface area contributed by atoms with Crippen molar-refractivity contribution < 1.29 is 22.9 Å². The number of carbonyl (C=O) groups is 1. The molecule has 0 fully saturated rings. The summed E-state index contributed by atoms with van der Waals surface area (Å²) in [5.74, 6) is -0.780. The second-order valence-corrected chi connectivity index (χ2v) is 9.78. The van der Waals surface area contributed by atoms with Gasteiger partial charge in [0, 0.05) is 29.8 Å². The molecule has 6 nitrogen and oxygen atoms in total. The van der Waals surface area contributed by atoms with E-state index in [1.54, 1.807) is 6.07 Å². The van der Waals surface area contributed by atoms with Crippen LogP contribution in [0.2, 0.25) is 0 Å². The third kappa shape index (κ3) is 5.52. The number of aliphatic carboxylic acids is 1. The Labute approximate surface area is 180 Å². The maximum atomic E-state index is 11.8. The molecule has 2 rings (SSSR count). The summed E-state index contributed by atoms with van der Waals surface area (Å²) in [5.41, 5.74) is 3.27. The zero-order chi connectivity index (χ0) is 22.5. The van der Waals surface area contributed by atoms with Crippen LogP contribution in [0.25, 0.3) is 0 Å². The van der Waals surface area contributed by atoms with Gasteiger partial charge in [0.2, 0.25) is 0 Å². The van der Waals surface area contributed by atoms with Crippen molar-refractivity contribution in [3.8, 4) is 0 Å². The van der Waals surface area contributed by atoms with E-state index < -0.39 is 21.5 Å². The highest BCUT2D eigenvalue weighted by atomic mass is 32.2. The summed E-state index contributed by atoms with van der Waals surface area (Å²) in [4.78, 5) is 12.9. The number of aryl methyl sites for hydroxylation is 1. The number of nitrogens with zero attached hydrogens (tertiary/aromatic N) is 1. The predicted molar refractivity (Wildman–Crippen MR) is 120 cm³/mol. The minimum absolute atomic E-state index is 0.0870. The van der Waals surface area contributed by atoms with Crippen molar-refractivity contribution >= 4 is 21.8 Å². The number of carboxylic acid groups (broad SMARTS) is 1. The van der Waals surface area contributed by atoms with E-state index in [9.17, 15) is 17.8 Å². The topological polar surface area (TPSA) is 94.9 Å². The highest BCUT2D eigenvalue weighted by Gasteiger charge is 2.41. The minimum Gasteiger partial charge on any atom is -0.481 e. The summed E-state index contributed by atoms with van der Waals surface area (Å²) in [6, 6.07) is 3.09. The first-order valence-corrected chi connectivity index (χ1v) is 11.9. The zero-order valence-corrected chi connectivity index (χ0v) is 19.1. The monoisotopic (exact) mass is 435 g/mol. The number of hydrogen-bond donors (Lipinski definition) is 2. The molecule has 1 aromatic rings.